The molecule has 2 N–H and O–H groups in total. The molecule has 4 rings (SSSR count). The van der Waals surface area contributed by atoms with Crippen LogP contribution >= 0.6 is 35.2 Å². The van der Waals surface area contributed by atoms with Gasteiger partial charge in [0.1, 0.15) is 22.1 Å². The Kier molecular flexibility index (Phi) is 6.55. The molecule has 32 heavy (non-hydrogen) atoms. The average Bonchev–Trinajstić information content (AvgIpc) is 3.22. The number of anilines is 1. The molecule has 0 fully saturated rings. The molecule has 162 valence electrons. The lowest BCUT2D eigenvalue weighted by Crippen LogP contribution is -2.34. The number of para-hydroxylation sites is 1. The number of ether oxygens (including phenoxy) is 2. The van der Waals surface area contributed by atoms with Gasteiger partial charge >= 0.3 is 0 Å². The minimum Gasteiger partial charge on any atom is -0.496 e. The molecule has 0 aliphatic heterocycles. The second kappa shape index (κ2) is 9.52. The fraction of sp³-hybridized carbons (Fsp3) is 0.0870. The number of nitrogens with one attached hydrogen (secondary N) is 2. The molecule has 0 bridgehead atoms. The normalized spacial score (nSPS) is 10.6. The first-order valence-corrected chi connectivity index (χ1v) is 11.1. The van der Waals surface area contributed by atoms with E-state index >= 15 is 0 Å². The number of hydrogen-bond acceptors (Lipinski definition) is 6. The van der Waals surface area contributed by atoms with Gasteiger partial charge in [0.2, 0.25) is 0 Å². The van der Waals surface area contributed by atoms with Crippen molar-refractivity contribution in [3.8, 4) is 22.1 Å². The maximum atomic E-state index is 12.8. The van der Waals surface area contributed by atoms with Crippen molar-refractivity contribution in [3.63, 3.8) is 0 Å². The number of rotatable bonds is 5. The summed E-state index contributed by atoms with van der Waals surface area (Å²) in [5.74, 6) is 0.315. The molecular weight excluding hydrogens is 466 g/mol. The summed E-state index contributed by atoms with van der Waals surface area (Å²) in [4.78, 5) is 17.4. The van der Waals surface area contributed by atoms with E-state index in [0.29, 0.717) is 22.2 Å². The minimum atomic E-state index is -0.450. The predicted molar refractivity (Wildman–Crippen MR) is 133 cm³/mol. The second-order valence-corrected chi connectivity index (χ2v) is 8.47. The van der Waals surface area contributed by atoms with E-state index in [9.17, 15) is 4.79 Å². The van der Waals surface area contributed by atoms with E-state index in [1.54, 1.807) is 35.6 Å². The fourth-order valence-electron chi connectivity index (χ4n) is 3.16. The molecule has 0 saturated heterocycles. The van der Waals surface area contributed by atoms with Crippen molar-refractivity contribution in [2.24, 2.45) is 0 Å². The summed E-state index contributed by atoms with van der Waals surface area (Å²) in [6.07, 6.45) is 0. The van der Waals surface area contributed by atoms with Crippen molar-refractivity contribution >= 4 is 62.1 Å². The highest BCUT2D eigenvalue weighted by atomic mass is 35.5. The predicted octanol–water partition coefficient (Wildman–Crippen LogP) is 5.76. The number of aromatic nitrogens is 1. The molecule has 1 amide bonds. The lowest BCUT2D eigenvalue weighted by molar-refractivity contribution is 0.0971. The highest BCUT2D eigenvalue weighted by molar-refractivity contribution is 7.80. The third-order valence-corrected chi connectivity index (χ3v) is 6.22. The van der Waals surface area contributed by atoms with Gasteiger partial charge in [-0.3, -0.25) is 10.1 Å². The molecule has 0 aliphatic rings. The van der Waals surface area contributed by atoms with Crippen LogP contribution in [0.4, 0.5) is 5.69 Å². The molecule has 1 heterocycles. The van der Waals surface area contributed by atoms with Crippen LogP contribution in [-0.4, -0.2) is 30.2 Å². The zero-order chi connectivity index (χ0) is 22.7. The number of benzene rings is 3. The van der Waals surface area contributed by atoms with Gasteiger partial charge in [-0.15, -0.1) is 11.3 Å². The van der Waals surface area contributed by atoms with Crippen LogP contribution in [0, 0.1) is 0 Å². The standard InChI is InChI=1S/C23H18ClN3O3S2/c1-29-17-7-5-8-18(30-2)20(17)21(28)27-23(31)25-13-10-11-14(15(24)12-13)22-26-16-6-3-4-9-19(16)32-22/h3-12H,1-2H3,(H2,25,27,28,31). The van der Waals surface area contributed by atoms with Crippen LogP contribution in [0.5, 0.6) is 11.5 Å². The van der Waals surface area contributed by atoms with E-state index in [1.165, 1.54) is 14.2 Å². The van der Waals surface area contributed by atoms with Crippen molar-refractivity contribution in [3.05, 3.63) is 71.2 Å². The van der Waals surface area contributed by atoms with E-state index in [1.807, 2.05) is 36.4 Å². The third-order valence-electron chi connectivity index (χ3n) is 4.63. The lowest BCUT2D eigenvalue weighted by atomic mass is 10.1. The maximum Gasteiger partial charge on any atom is 0.264 e. The van der Waals surface area contributed by atoms with Crippen molar-refractivity contribution in [1.29, 1.82) is 0 Å². The molecule has 4 aromatic rings. The zero-order valence-electron chi connectivity index (χ0n) is 17.1. The number of fused-ring (bicyclic) bond motifs is 1. The van der Waals surface area contributed by atoms with Crippen LogP contribution in [0.1, 0.15) is 10.4 Å². The lowest BCUT2D eigenvalue weighted by Gasteiger charge is -2.14. The molecule has 6 nitrogen and oxygen atoms in total. The molecule has 0 saturated carbocycles. The Hall–Kier alpha value is -3.20. The van der Waals surface area contributed by atoms with E-state index in [-0.39, 0.29) is 10.7 Å². The molecule has 0 spiro atoms. The summed E-state index contributed by atoms with van der Waals surface area (Å²) < 4.78 is 11.6. The molecule has 0 radical (unpaired) electrons. The van der Waals surface area contributed by atoms with Gasteiger partial charge in [-0.1, -0.05) is 29.8 Å². The van der Waals surface area contributed by atoms with Gasteiger partial charge in [0.05, 0.1) is 29.5 Å². The van der Waals surface area contributed by atoms with Crippen LogP contribution in [-0.2, 0) is 0 Å². The topological polar surface area (TPSA) is 72.5 Å². The summed E-state index contributed by atoms with van der Waals surface area (Å²) >= 11 is 13.4. The molecule has 0 unspecified atom stereocenters. The van der Waals surface area contributed by atoms with Gasteiger partial charge in [-0.05, 0) is 54.7 Å². The number of methoxy groups -OCH3 is 2. The highest BCUT2D eigenvalue weighted by Crippen LogP contribution is 2.35. The van der Waals surface area contributed by atoms with Gasteiger partial charge in [0.15, 0.2) is 5.11 Å². The molecule has 1 aromatic heterocycles. The zero-order valence-corrected chi connectivity index (χ0v) is 19.5. The Bertz CT molecular complexity index is 1270. The summed E-state index contributed by atoms with van der Waals surface area (Å²) in [7, 11) is 2.97. The SMILES string of the molecule is COc1cccc(OC)c1C(=O)NC(=S)Nc1ccc(-c2nc3ccccc3s2)c(Cl)c1. The second-order valence-electron chi connectivity index (χ2n) is 6.63. The first kappa shape index (κ1) is 22.0. The number of carbonyl (C=O) groups excluding carboxylic acids is 1. The molecule has 0 aliphatic carbocycles. The largest absolute Gasteiger partial charge is 0.496 e. The quantitative estimate of drug-likeness (QED) is 0.351. The van der Waals surface area contributed by atoms with E-state index in [2.05, 4.69) is 15.6 Å². The Balaban J connectivity index is 1.49. The molecular formula is C23H18ClN3O3S2. The number of thiazole rings is 1. The van der Waals surface area contributed by atoms with E-state index in [0.717, 1.165) is 20.8 Å². The Morgan fingerprint density at radius 1 is 1.03 bits per heavy atom. The van der Waals surface area contributed by atoms with Gasteiger partial charge in [0, 0.05) is 11.3 Å². The number of hydrogen-bond donors (Lipinski definition) is 2. The van der Waals surface area contributed by atoms with Gasteiger partial charge < -0.3 is 14.8 Å². The number of carbonyl (C=O) groups is 1. The monoisotopic (exact) mass is 483 g/mol. The summed E-state index contributed by atoms with van der Waals surface area (Å²) in [6, 6.07) is 18.5. The van der Waals surface area contributed by atoms with Crippen LogP contribution in [0.3, 0.4) is 0 Å². The van der Waals surface area contributed by atoms with Gasteiger partial charge in [-0.25, -0.2) is 4.98 Å². The Labute approximate surface area is 199 Å². The number of amides is 1. The molecule has 9 heteroatoms. The smallest absolute Gasteiger partial charge is 0.264 e. The number of thiocarbonyl (C=S) groups is 1. The van der Waals surface area contributed by atoms with Gasteiger partial charge in [-0.2, -0.15) is 0 Å². The summed E-state index contributed by atoms with van der Waals surface area (Å²) in [5.41, 5.74) is 2.65. The summed E-state index contributed by atoms with van der Waals surface area (Å²) in [6.45, 7) is 0. The van der Waals surface area contributed by atoms with Crippen LogP contribution in [0.2, 0.25) is 5.02 Å². The van der Waals surface area contributed by atoms with Crippen molar-refractivity contribution < 1.29 is 14.3 Å². The van der Waals surface area contributed by atoms with Crippen LogP contribution in [0.25, 0.3) is 20.8 Å². The first-order chi connectivity index (χ1) is 15.5. The van der Waals surface area contributed by atoms with Crippen LogP contribution < -0.4 is 20.1 Å². The molecule has 0 atom stereocenters. The van der Waals surface area contributed by atoms with Crippen molar-refractivity contribution in [1.82, 2.24) is 10.3 Å². The van der Waals surface area contributed by atoms with E-state index in [4.69, 9.17) is 33.3 Å². The first-order valence-electron chi connectivity index (χ1n) is 9.49. The molecule has 3 aromatic carbocycles. The third kappa shape index (κ3) is 4.52. The van der Waals surface area contributed by atoms with Crippen molar-refractivity contribution in [2.45, 2.75) is 0 Å². The minimum absolute atomic E-state index is 0.117. The number of halogens is 1. The summed E-state index contributed by atoms with van der Waals surface area (Å²) in [5, 5.41) is 7.10. The Morgan fingerprint density at radius 2 is 1.75 bits per heavy atom. The van der Waals surface area contributed by atoms with E-state index < -0.39 is 5.91 Å². The van der Waals surface area contributed by atoms with Crippen LogP contribution in [0.15, 0.2) is 60.7 Å². The van der Waals surface area contributed by atoms with Crippen molar-refractivity contribution in [2.75, 3.05) is 19.5 Å². The highest BCUT2D eigenvalue weighted by Gasteiger charge is 2.19. The Morgan fingerprint density at radius 3 is 2.41 bits per heavy atom. The van der Waals surface area contributed by atoms with Gasteiger partial charge in [0.25, 0.3) is 5.91 Å². The maximum absolute atomic E-state index is 12.8. The number of nitrogens with zero attached hydrogens (tertiary/aromatic N) is 1. The average molecular weight is 484 g/mol. The fourth-order valence-corrected chi connectivity index (χ4v) is 4.70.